The van der Waals surface area contributed by atoms with Crippen LogP contribution in [0.2, 0.25) is 0 Å². The van der Waals surface area contributed by atoms with E-state index in [0.29, 0.717) is 17.1 Å². The zero-order valence-electron chi connectivity index (χ0n) is 19.4. The summed E-state index contributed by atoms with van der Waals surface area (Å²) in [5, 5.41) is 11.3. The minimum absolute atomic E-state index is 0.0303. The van der Waals surface area contributed by atoms with Crippen molar-refractivity contribution in [2.24, 2.45) is 0 Å². The van der Waals surface area contributed by atoms with Crippen molar-refractivity contribution < 1.29 is 23.4 Å². The molecule has 0 aliphatic carbocycles. The molecule has 180 valence electrons. The van der Waals surface area contributed by atoms with Gasteiger partial charge in [-0.1, -0.05) is 24.3 Å². The number of aromatic nitrogens is 1. The number of nitrogens with zero attached hydrogens (tertiary/aromatic N) is 2. The quantitative estimate of drug-likeness (QED) is 0.435. The summed E-state index contributed by atoms with van der Waals surface area (Å²) in [6, 6.07) is 16.3. The van der Waals surface area contributed by atoms with Gasteiger partial charge in [-0.25, -0.2) is 8.78 Å². The first kappa shape index (κ1) is 22.1. The van der Waals surface area contributed by atoms with Gasteiger partial charge in [-0.15, -0.1) is 0 Å². The number of fused-ring (bicyclic) bond motifs is 6. The van der Waals surface area contributed by atoms with Crippen LogP contribution in [0, 0.1) is 11.6 Å². The van der Waals surface area contributed by atoms with Crippen molar-refractivity contribution >= 4 is 10.9 Å². The van der Waals surface area contributed by atoms with Crippen LogP contribution < -0.4 is 9.47 Å². The monoisotopic (exact) mass is 476 g/mol. The average Bonchev–Trinajstić information content (AvgIpc) is 3.20. The molecule has 0 amide bonds. The van der Waals surface area contributed by atoms with E-state index in [9.17, 15) is 13.9 Å². The Morgan fingerprint density at radius 1 is 1.03 bits per heavy atom. The van der Waals surface area contributed by atoms with E-state index in [0.717, 1.165) is 43.6 Å². The van der Waals surface area contributed by atoms with Gasteiger partial charge >= 0.3 is 0 Å². The van der Waals surface area contributed by atoms with Crippen LogP contribution in [0.1, 0.15) is 34.0 Å². The van der Waals surface area contributed by atoms with Gasteiger partial charge in [-0.05, 0) is 65.4 Å². The number of aliphatic hydroxyl groups is 1. The predicted octanol–water partition coefficient (Wildman–Crippen LogP) is 5.11. The number of hydrogen-bond acceptors (Lipinski definition) is 4. The van der Waals surface area contributed by atoms with Crippen LogP contribution in [0.3, 0.4) is 0 Å². The molecular weight excluding hydrogens is 450 g/mol. The number of para-hydroxylation sites is 1. The van der Waals surface area contributed by atoms with Crippen molar-refractivity contribution in [3.63, 3.8) is 0 Å². The smallest absolute Gasteiger partial charge is 0.161 e. The molecular formula is C28H26F2N2O3. The third-order valence-electron chi connectivity index (χ3n) is 7.36. The Morgan fingerprint density at radius 3 is 2.69 bits per heavy atom. The van der Waals surface area contributed by atoms with Crippen LogP contribution in [0.15, 0.2) is 54.6 Å². The first-order chi connectivity index (χ1) is 17.1. The maximum atomic E-state index is 13.6. The van der Waals surface area contributed by atoms with E-state index in [2.05, 4.69) is 23.1 Å². The highest BCUT2D eigenvalue weighted by Gasteiger charge is 2.35. The summed E-state index contributed by atoms with van der Waals surface area (Å²) in [6.07, 6.45) is 1.72. The number of methoxy groups -OCH3 is 1. The highest BCUT2D eigenvalue weighted by Crippen LogP contribution is 2.44. The number of aliphatic hydroxyl groups excluding tert-OH is 1. The van der Waals surface area contributed by atoms with E-state index >= 15 is 0 Å². The summed E-state index contributed by atoms with van der Waals surface area (Å²) in [5.41, 5.74) is 6.53. The Morgan fingerprint density at radius 2 is 1.89 bits per heavy atom. The zero-order valence-corrected chi connectivity index (χ0v) is 19.4. The van der Waals surface area contributed by atoms with Gasteiger partial charge in [0, 0.05) is 30.2 Å². The molecule has 0 bridgehead atoms. The fourth-order valence-corrected chi connectivity index (χ4v) is 5.64. The Labute approximate surface area is 202 Å². The van der Waals surface area contributed by atoms with Crippen LogP contribution in [0.4, 0.5) is 8.78 Å². The highest BCUT2D eigenvalue weighted by molar-refractivity contribution is 5.86. The van der Waals surface area contributed by atoms with E-state index < -0.39 is 11.6 Å². The van der Waals surface area contributed by atoms with Gasteiger partial charge in [0.25, 0.3) is 0 Å². The molecule has 1 unspecified atom stereocenters. The first-order valence-electron chi connectivity index (χ1n) is 11.8. The molecule has 0 spiro atoms. The van der Waals surface area contributed by atoms with Crippen LogP contribution in [0.5, 0.6) is 11.5 Å². The van der Waals surface area contributed by atoms with Crippen molar-refractivity contribution in [3.8, 4) is 11.5 Å². The zero-order chi connectivity index (χ0) is 24.1. The van der Waals surface area contributed by atoms with Crippen molar-refractivity contribution in [2.45, 2.75) is 38.8 Å². The third-order valence-corrected chi connectivity index (χ3v) is 7.36. The summed E-state index contributed by atoms with van der Waals surface area (Å²) in [7, 11) is 1.61. The Bertz CT molecular complexity index is 1430. The molecule has 1 aromatic heterocycles. The third kappa shape index (κ3) is 3.66. The topological polar surface area (TPSA) is 46.9 Å². The number of rotatable bonds is 5. The second-order valence-corrected chi connectivity index (χ2v) is 9.19. The Hall–Kier alpha value is -3.42. The van der Waals surface area contributed by atoms with Crippen molar-refractivity contribution in [1.82, 2.24) is 9.47 Å². The summed E-state index contributed by atoms with van der Waals surface area (Å²) in [5.74, 6) is -0.542. The van der Waals surface area contributed by atoms with Gasteiger partial charge < -0.3 is 19.1 Å². The SMILES string of the molecule is COc1cc2c(cc1OCc1ccc(F)c(F)c1)CCN1Cc3c(c4ccccc4n3CO)CC21. The molecule has 7 heteroatoms. The van der Waals surface area contributed by atoms with Crippen LogP contribution >= 0.6 is 0 Å². The van der Waals surface area contributed by atoms with E-state index in [1.165, 1.54) is 33.8 Å². The predicted molar refractivity (Wildman–Crippen MR) is 128 cm³/mol. The maximum absolute atomic E-state index is 13.6. The van der Waals surface area contributed by atoms with Gasteiger partial charge in [0.15, 0.2) is 23.1 Å². The second kappa shape index (κ2) is 8.66. The summed E-state index contributed by atoms with van der Waals surface area (Å²) in [4.78, 5) is 2.47. The van der Waals surface area contributed by atoms with Gasteiger partial charge in [-0.2, -0.15) is 0 Å². The molecule has 3 aromatic carbocycles. The minimum Gasteiger partial charge on any atom is -0.493 e. The Balaban J connectivity index is 1.33. The normalized spacial score (nSPS) is 17.1. The largest absolute Gasteiger partial charge is 0.493 e. The lowest BCUT2D eigenvalue weighted by atomic mass is 9.85. The fourth-order valence-electron chi connectivity index (χ4n) is 5.64. The summed E-state index contributed by atoms with van der Waals surface area (Å²) >= 11 is 0. The molecule has 6 rings (SSSR count). The second-order valence-electron chi connectivity index (χ2n) is 9.19. The van der Waals surface area contributed by atoms with E-state index in [4.69, 9.17) is 9.47 Å². The van der Waals surface area contributed by atoms with E-state index in [-0.39, 0.29) is 19.4 Å². The van der Waals surface area contributed by atoms with Crippen LogP contribution in [-0.2, 0) is 32.7 Å². The van der Waals surface area contributed by atoms with Gasteiger partial charge in [-0.3, -0.25) is 4.90 Å². The molecule has 4 aromatic rings. The van der Waals surface area contributed by atoms with Crippen LogP contribution in [-0.4, -0.2) is 28.2 Å². The number of ether oxygens (including phenoxy) is 2. The molecule has 0 radical (unpaired) electrons. The molecule has 0 saturated carbocycles. The number of halogens is 2. The molecule has 1 atom stereocenters. The average molecular weight is 477 g/mol. The van der Waals surface area contributed by atoms with Gasteiger partial charge in [0.1, 0.15) is 13.3 Å². The number of benzene rings is 3. The Kier molecular flexibility index (Phi) is 5.46. The molecule has 1 N–H and O–H groups in total. The summed E-state index contributed by atoms with van der Waals surface area (Å²) < 4.78 is 40.5. The molecule has 3 heterocycles. The molecule has 5 nitrogen and oxygen atoms in total. The molecule has 35 heavy (non-hydrogen) atoms. The van der Waals surface area contributed by atoms with Gasteiger partial charge in [0.05, 0.1) is 12.6 Å². The lowest BCUT2D eigenvalue weighted by Crippen LogP contribution is -2.39. The summed E-state index contributed by atoms with van der Waals surface area (Å²) in [6.45, 7) is 1.77. The fraction of sp³-hybridized carbons (Fsp3) is 0.286. The molecule has 2 aliphatic rings. The first-order valence-corrected chi connectivity index (χ1v) is 11.8. The lowest BCUT2D eigenvalue weighted by molar-refractivity contribution is 0.145. The van der Waals surface area contributed by atoms with Crippen molar-refractivity contribution in [1.29, 1.82) is 0 Å². The van der Waals surface area contributed by atoms with Crippen molar-refractivity contribution in [2.75, 3.05) is 13.7 Å². The standard InChI is InChI=1S/C28H26F2N2O3/c1-34-27-13-20-18(11-28(27)35-15-17-6-7-22(29)23(30)10-17)8-9-31-14-26-21(12-25(20)31)19-4-2-3-5-24(19)32(26)16-33/h2-7,10-11,13,25,33H,8-9,12,14-16H2,1H3. The maximum Gasteiger partial charge on any atom is 0.161 e. The number of hydrogen-bond donors (Lipinski definition) is 1. The molecule has 0 saturated heterocycles. The van der Waals surface area contributed by atoms with Gasteiger partial charge in [0.2, 0.25) is 0 Å². The van der Waals surface area contributed by atoms with E-state index in [1.54, 1.807) is 7.11 Å². The molecule has 0 fully saturated rings. The lowest BCUT2D eigenvalue weighted by Gasteiger charge is -2.41. The van der Waals surface area contributed by atoms with Crippen molar-refractivity contribution in [3.05, 3.63) is 94.2 Å². The van der Waals surface area contributed by atoms with Crippen LogP contribution in [0.25, 0.3) is 10.9 Å². The molecule has 2 aliphatic heterocycles. The highest BCUT2D eigenvalue weighted by atomic mass is 19.2. The van der Waals surface area contributed by atoms with E-state index in [1.807, 2.05) is 22.8 Å². The minimum atomic E-state index is -0.886.